The van der Waals surface area contributed by atoms with Gasteiger partial charge in [0.15, 0.2) is 11.5 Å². The molecule has 2 aliphatic carbocycles. The highest BCUT2D eigenvalue weighted by Gasteiger charge is 2.64. The van der Waals surface area contributed by atoms with Crippen LogP contribution in [0.5, 0.6) is 11.5 Å². The number of benzene rings is 1. The van der Waals surface area contributed by atoms with Crippen LogP contribution < -0.4 is 4.74 Å². The summed E-state index contributed by atoms with van der Waals surface area (Å²) < 4.78 is 6.09. The van der Waals surface area contributed by atoms with Crippen LogP contribution in [0.15, 0.2) is 24.3 Å². The summed E-state index contributed by atoms with van der Waals surface area (Å²) in [5, 5.41) is 20.6. The standard InChI is InChI=1S/C17H19NO3/c1-18-7-6-17-10-3-5-13(20)16(17)21-15-12(19)4-2-9(14(15)17)8-11(10)18/h2-5,10-11,13,16,19-20H,6-8H2,1H3/t10?,11?,13?,16-,17-/m0/s1. The Morgan fingerprint density at radius 2 is 2.19 bits per heavy atom. The largest absolute Gasteiger partial charge is 0.504 e. The van der Waals surface area contributed by atoms with E-state index in [1.54, 1.807) is 6.07 Å². The van der Waals surface area contributed by atoms with Crippen molar-refractivity contribution in [2.75, 3.05) is 13.6 Å². The lowest BCUT2D eigenvalue weighted by Crippen LogP contribution is -2.64. The van der Waals surface area contributed by atoms with E-state index < -0.39 is 6.10 Å². The first-order valence-electron chi connectivity index (χ1n) is 7.71. The van der Waals surface area contributed by atoms with E-state index in [0.29, 0.717) is 17.7 Å². The third kappa shape index (κ3) is 1.21. The highest BCUT2D eigenvalue weighted by Crippen LogP contribution is 2.62. The van der Waals surface area contributed by atoms with E-state index in [0.717, 1.165) is 19.4 Å². The Hall–Kier alpha value is -1.52. The molecule has 21 heavy (non-hydrogen) atoms. The molecule has 1 spiro atoms. The number of phenols is 1. The van der Waals surface area contributed by atoms with Gasteiger partial charge in [0.25, 0.3) is 0 Å². The summed E-state index contributed by atoms with van der Waals surface area (Å²) in [5.41, 5.74) is 2.29. The Balaban J connectivity index is 1.84. The lowest BCUT2D eigenvalue weighted by molar-refractivity contribution is -0.0453. The molecule has 2 aliphatic heterocycles. The maximum Gasteiger partial charge on any atom is 0.165 e. The fraction of sp³-hybridized carbons (Fsp3) is 0.529. The number of nitrogens with zero attached hydrogens (tertiary/aromatic N) is 1. The Bertz CT molecular complexity index is 670. The predicted octanol–water partition coefficient (Wildman–Crippen LogP) is 1.20. The minimum absolute atomic E-state index is 0.160. The number of piperidine rings is 1. The zero-order chi connectivity index (χ0) is 14.4. The Morgan fingerprint density at radius 1 is 1.33 bits per heavy atom. The number of phenolic OH excluding ortho intramolecular Hbond substituents is 1. The molecule has 1 aromatic rings. The van der Waals surface area contributed by atoms with Gasteiger partial charge in [-0.1, -0.05) is 18.2 Å². The van der Waals surface area contributed by atoms with Crippen molar-refractivity contribution in [1.82, 2.24) is 4.90 Å². The smallest absolute Gasteiger partial charge is 0.165 e. The quantitative estimate of drug-likeness (QED) is 0.703. The SMILES string of the molecule is CN1CC[C@]23c4c5ccc(O)c4O[C@H]2C(O)C=CC3C1C5. The summed E-state index contributed by atoms with van der Waals surface area (Å²) >= 11 is 0. The molecule has 2 N–H and O–H groups in total. The molecule has 1 aromatic carbocycles. The minimum atomic E-state index is -0.594. The Kier molecular flexibility index (Phi) is 2.08. The van der Waals surface area contributed by atoms with Crippen LogP contribution in [-0.2, 0) is 11.8 Å². The lowest BCUT2D eigenvalue weighted by atomic mass is 9.53. The van der Waals surface area contributed by atoms with Crippen molar-refractivity contribution >= 4 is 0 Å². The molecule has 5 rings (SSSR count). The van der Waals surface area contributed by atoms with Crippen molar-refractivity contribution in [2.45, 2.75) is 36.5 Å². The molecule has 110 valence electrons. The third-order valence-corrected chi connectivity index (χ3v) is 6.15. The van der Waals surface area contributed by atoms with Crippen LogP contribution >= 0.6 is 0 Å². The van der Waals surface area contributed by atoms with E-state index in [1.807, 2.05) is 12.1 Å². The fourth-order valence-electron chi connectivity index (χ4n) is 5.24. The van der Waals surface area contributed by atoms with Crippen molar-refractivity contribution in [3.05, 3.63) is 35.4 Å². The predicted molar refractivity (Wildman–Crippen MR) is 77.6 cm³/mol. The number of likely N-dealkylation sites (N-methyl/N-ethyl adjacent to an activating group) is 1. The van der Waals surface area contributed by atoms with Crippen LogP contribution in [0.25, 0.3) is 0 Å². The van der Waals surface area contributed by atoms with Crippen LogP contribution in [0, 0.1) is 5.92 Å². The summed E-state index contributed by atoms with van der Waals surface area (Å²) in [7, 11) is 2.19. The first kappa shape index (κ1) is 12.1. The second-order valence-electron chi connectivity index (χ2n) is 6.93. The van der Waals surface area contributed by atoms with E-state index in [2.05, 4.69) is 18.0 Å². The summed E-state index contributed by atoms with van der Waals surface area (Å²) in [6, 6.07) is 4.23. The van der Waals surface area contributed by atoms with Gasteiger partial charge in [-0.05, 0) is 38.1 Å². The lowest BCUT2D eigenvalue weighted by Gasteiger charge is -2.56. The van der Waals surface area contributed by atoms with Gasteiger partial charge in [-0.3, -0.25) is 0 Å². The zero-order valence-corrected chi connectivity index (χ0v) is 12.0. The second kappa shape index (κ2) is 3.62. The molecule has 4 heteroatoms. The van der Waals surface area contributed by atoms with Crippen LogP contribution in [0.4, 0.5) is 0 Å². The molecule has 0 radical (unpaired) electrons. The molecule has 0 aromatic heterocycles. The molecular formula is C17H19NO3. The number of rotatable bonds is 0. The number of aromatic hydroxyl groups is 1. The average Bonchev–Trinajstić information content (AvgIpc) is 2.83. The van der Waals surface area contributed by atoms with Crippen LogP contribution in [0.3, 0.4) is 0 Å². The van der Waals surface area contributed by atoms with Gasteiger partial charge in [0.1, 0.15) is 12.2 Å². The molecule has 4 nitrogen and oxygen atoms in total. The minimum Gasteiger partial charge on any atom is -0.504 e. The van der Waals surface area contributed by atoms with Gasteiger partial charge in [-0.15, -0.1) is 0 Å². The number of hydrogen-bond acceptors (Lipinski definition) is 4. The van der Waals surface area contributed by atoms with Crippen molar-refractivity contribution in [3.8, 4) is 11.5 Å². The highest BCUT2D eigenvalue weighted by atomic mass is 16.5. The van der Waals surface area contributed by atoms with Gasteiger partial charge in [0.2, 0.25) is 0 Å². The molecule has 0 saturated carbocycles. The number of hydrogen-bond donors (Lipinski definition) is 2. The van der Waals surface area contributed by atoms with Gasteiger partial charge in [-0.25, -0.2) is 0 Å². The monoisotopic (exact) mass is 285 g/mol. The number of aliphatic hydroxyl groups excluding tert-OH is 1. The molecule has 5 atom stereocenters. The van der Waals surface area contributed by atoms with Gasteiger partial charge >= 0.3 is 0 Å². The van der Waals surface area contributed by atoms with Crippen LogP contribution in [0.1, 0.15) is 17.5 Å². The van der Waals surface area contributed by atoms with E-state index in [9.17, 15) is 10.2 Å². The first-order valence-corrected chi connectivity index (χ1v) is 7.71. The molecular weight excluding hydrogens is 266 g/mol. The van der Waals surface area contributed by atoms with Gasteiger partial charge in [0.05, 0.1) is 0 Å². The topological polar surface area (TPSA) is 52.9 Å². The average molecular weight is 285 g/mol. The zero-order valence-electron chi connectivity index (χ0n) is 12.0. The number of ether oxygens (including phenoxy) is 1. The van der Waals surface area contributed by atoms with Crippen molar-refractivity contribution in [3.63, 3.8) is 0 Å². The van der Waals surface area contributed by atoms with Crippen LogP contribution in [0.2, 0.25) is 0 Å². The summed E-state index contributed by atoms with van der Waals surface area (Å²) in [5.74, 6) is 1.19. The molecule has 0 amide bonds. The summed E-state index contributed by atoms with van der Waals surface area (Å²) in [4.78, 5) is 2.43. The van der Waals surface area contributed by atoms with Gasteiger partial charge in [0, 0.05) is 22.9 Å². The van der Waals surface area contributed by atoms with Gasteiger partial charge < -0.3 is 19.8 Å². The second-order valence-corrected chi connectivity index (χ2v) is 6.93. The molecule has 2 heterocycles. The van der Waals surface area contributed by atoms with Crippen molar-refractivity contribution < 1.29 is 14.9 Å². The van der Waals surface area contributed by atoms with E-state index in [-0.39, 0.29) is 17.3 Å². The Labute approximate surface area is 123 Å². The molecule has 2 bridgehead atoms. The van der Waals surface area contributed by atoms with Crippen LogP contribution in [-0.4, -0.2) is 47.0 Å². The van der Waals surface area contributed by atoms with E-state index in [4.69, 9.17) is 4.74 Å². The highest BCUT2D eigenvalue weighted by molar-refractivity contribution is 5.61. The van der Waals surface area contributed by atoms with E-state index >= 15 is 0 Å². The number of aliphatic hydroxyl groups is 1. The molecule has 1 fully saturated rings. The number of likely N-dealkylation sites (tertiary alicyclic amines) is 1. The molecule has 4 aliphatic rings. The third-order valence-electron chi connectivity index (χ3n) is 6.15. The summed E-state index contributed by atoms with van der Waals surface area (Å²) in [6.45, 7) is 1.01. The fourth-order valence-corrected chi connectivity index (χ4v) is 5.24. The van der Waals surface area contributed by atoms with Gasteiger partial charge in [-0.2, -0.15) is 0 Å². The maximum atomic E-state index is 10.4. The first-order chi connectivity index (χ1) is 10.1. The molecule has 1 saturated heterocycles. The normalized spacial score (nSPS) is 42.6. The van der Waals surface area contributed by atoms with Crippen molar-refractivity contribution in [2.24, 2.45) is 5.92 Å². The molecule has 3 unspecified atom stereocenters. The van der Waals surface area contributed by atoms with Crippen molar-refractivity contribution in [1.29, 1.82) is 0 Å². The van der Waals surface area contributed by atoms with E-state index in [1.165, 1.54) is 11.1 Å². The summed E-state index contributed by atoms with van der Waals surface area (Å²) in [6.07, 6.45) is 5.18. The maximum absolute atomic E-state index is 10.4. The Morgan fingerprint density at radius 3 is 3.05 bits per heavy atom.